The molecule has 3 aromatic rings. The first kappa shape index (κ1) is 15.2. The molecule has 22 heavy (non-hydrogen) atoms. The standard InChI is InChI=1S/3C6H4F.Sb/c3*7-6-4-2-1-3-5-6;/h3*1-2,4-5H;. The fourth-order valence-corrected chi connectivity index (χ4v) is 9.02. The summed E-state index contributed by atoms with van der Waals surface area (Å²) in [7, 11) is 0. The van der Waals surface area contributed by atoms with Gasteiger partial charge in [0, 0.05) is 0 Å². The van der Waals surface area contributed by atoms with E-state index in [0.717, 1.165) is 10.5 Å². The second kappa shape index (κ2) is 6.58. The zero-order chi connectivity index (χ0) is 15.5. The predicted octanol–water partition coefficient (Wildman–Crippen LogP) is 2.62. The van der Waals surface area contributed by atoms with Crippen molar-refractivity contribution in [2.75, 3.05) is 0 Å². The van der Waals surface area contributed by atoms with Crippen LogP contribution in [0.3, 0.4) is 0 Å². The Morgan fingerprint density at radius 1 is 0.500 bits per heavy atom. The third-order valence-corrected chi connectivity index (χ3v) is 10.0. The SMILES string of the molecule is Fc1ccc[c]([Sb]([c]2cccc(F)c2)[c]2cccc(F)c2)c1. The van der Waals surface area contributed by atoms with Crippen molar-refractivity contribution < 1.29 is 13.2 Å². The average Bonchev–Trinajstić information content (AvgIpc) is 2.48. The minimum absolute atomic E-state index is 0.334. The fourth-order valence-electron chi connectivity index (χ4n) is 2.29. The minimum atomic E-state index is -2.65. The molecule has 0 aromatic heterocycles. The van der Waals surface area contributed by atoms with E-state index in [4.69, 9.17) is 0 Å². The summed E-state index contributed by atoms with van der Waals surface area (Å²) in [4.78, 5) is 0. The zero-order valence-corrected chi connectivity index (χ0v) is 14.1. The summed E-state index contributed by atoms with van der Waals surface area (Å²) in [5.41, 5.74) is 0. The van der Waals surface area contributed by atoms with Gasteiger partial charge in [-0.2, -0.15) is 0 Å². The molecular formula is C18H12F3Sb. The molecule has 0 nitrogen and oxygen atoms in total. The Morgan fingerprint density at radius 2 is 0.818 bits per heavy atom. The molecule has 0 spiro atoms. The molecule has 3 rings (SSSR count). The molecule has 0 fully saturated rings. The topological polar surface area (TPSA) is 0 Å². The van der Waals surface area contributed by atoms with E-state index >= 15 is 0 Å². The van der Waals surface area contributed by atoms with Gasteiger partial charge in [0.1, 0.15) is 0 Å². The van der Waals surface area contributed by atoms with Crippen molar-refractivity contribution in [3.8, 4) is 0 Å². The fraction of sp³-hybridized carbons (Fsp3) is 0. The van der Waals surface area contributed by atoms with Gasteiger partial charge >= 0.3 is 134 Å². The van der Waals surface area contributed by atoms with Gasteiger partial charge in [0.25, 0.3) is 0 Å². The molecule has 0 bridgehead atoms. The van der Waals surface area contributed by atoms with Gasteiger partial charge in [-0.3, -0.25) is 0 Å². The van der Waals surface area contributed by atoms with Crippen molar-refractivity contribution in [3.05, 3.63) is 90.2 Å². The molecule has 0 saturated heterocycles. The van der Waals surface area contributed by atoms with Gasteiger partial charge in [-0.15, -0.1) is 0 Å². The van der Waals surface area contributed by atoms with Gasteiger partial charge in [0.2, 0.25) is 0 Å². The van der Waals surface area contributed by atoms with Crippen molar-refractivity contribution >= 4 is 30.7 Å². The van der Waals surface area contributed by atoms with E-state index in [1.165, 1.54) is 36.4 Å². The normalized spacial score (nSPS) is 10.9. The number of hydrogen-bond donors (Lipinski definition) is 0. The van der Waals surface area contributed by atoms with E-state index in [2.05, 4.69) is 0 Å². The van der Waals surface area contributed by atoms with E-state index in [9.17, 15) is 13.2 Å². The molecule has 3 aromatic carbocycles. The van der Waals surface area contributed by atoms with Gasteiger partial charge in [0.15, 0.2) is 0 Å². The van der Waals surface area contributed by atoms with Crippen LogP contribution in [0.1, 0.15) is 0 Å². The average molecular weight is 407 g/mol. The maximum atomic E-state index is 13.6. The summed E-state index contributed by atoms with van der Waals surface area (Å²) < 4.78 is 43.3. The van der Waals surface area contributed by atoms with Gasteiger partial charge in [-0.25, -0.2) is 0 Å². The van der Waals surface area contributed by atoms with E-state index in [1.807, 2.05) is 18.2 Å². The number of halogens is 3. The second-order valence-electron chi connectivity index (χ2n) is 4.78. The Balaban J connectivity index is 2.18. The Bertz CT molecular complexity index is 693. The molecule has 0 atom stereocenters. The van der Waals surface area contributed by atoms with Crippen LogP contribution in [0.15, 0.2) is 72.8 Å². The molecule has 0 N–H and O–H groups in total. The summed E-state index contributed by atoms with van der Waals surface area (Å²) in [6, 6.07) is 19.0. The molecule has 0 unspecified atom stereocenters. The quantitative estimate of drug-likeness (QED) is 0.586. The number of rotatable bonds is 3. The molecule has 0 radical (unpaired) electrons. The summed E-state index contributed by atoms with van der Waals surface area (Å²) in [5.74, 6) is -1.00. The predicted molar refractivity (Wildman–Crippen MR) is 83.9 cm³/mol. The second-order valence-corrected chi connectivity index (χ2v) is 11.1. The molecule has 0 aliphatic rings. The molecule has 0 amide bonds. The zero-order valence-electron chi connectivity index (χ0n) is 11.5. The molecule has 110 valence electrons. The van der Waals surface area contributed by atoms with Crippen molar-refractivity contribution in [2.24, 2.45) is 0 Å². The van der Waals surface area contributed by atoms with Crippen LogP contribution in [0.5, 0.6) is 0 Å². The first-order valence-electron chi connectivity index (χ1n) is 6.70. The Hall–Kier alpha value is -1.73. The maximum absolute atomic E-state index is 13.6. The third kappa shape index (κ3) is 3.36. The first-order valence-corrected chi connectivity index (χ1v) is 10.5. The van der Waals surface area contributed by atoms with Gasteiger partial charge in [-0.05, 0) is 0 Å². The molecular weight excluding hydrogens is 395 g/mol. The first-order chi connectivity index (χ1) is 10.6. The molecule has 4 heteroatoms. The molecule has 0 aliphatic carbocycles. The van der Waals surface area contributed by atoms with Crippen molar-refractivity contribution in [1.29, 1.82) is 0 Å². The van der Waals surface area contributed by atoms with E-state index in [1.54, 1.807) is 18.2 Å². The van der Waals surface area contributed by atoms with Crippen LogP contribution in [0.25, 0.3) is 0 Å². The van der Waals surface area contributed by atoms with Gasteiger partial charge in [-0.1, -0.05) is 0 Å². The van der Waals surface area contributed by atoms with Crippen LogP contribution >= 0.6 is 0 Å². The number of hydrogen-bond acceptors (Lipinski definition) is 0. The van der Waals surface area contributed by atoms with Crippen molar-refractivity contribution in [1.82, 2.24) is 0 Å². The van der Waals surface area contributed by atoms with Crippen LogP contribution in [-0.4, -0.2) is 20.2 Å². The molecule has 0 saturated carbocycles. The van der Waals surface area contributed by atoms with Crippen LogP contribution in [0, 0.1) is 17.5 Å². The van der Waals surface area contributed by atoms with E-state index < -0.39 is 20.2 Å². The Kier molecular flexibility index (Phi) is 4.54. The van der Waals surface area contributed by atoms with E-state index in [0.29, 0.717) is 0 Å². The number of benzene rings is 3. The summed E-state index contributed by atoms with van der Waals surface area (Å²) in [6.45, 7) is 0. The summed E-state index contributed by atoms with van der Waals surface area (Å²) in [5, 5.41) is 0. The van der Waals surface area contributed by atoms with Crippen LogP contribution in [0.2, 0.25) is 0 Å². The Morgan fingerprint density at radius 3 is 1.09 bits per heavy atom. The van der Waals surface area contributed by atoms with Gasteiger partial charge in [0.05, 0.1) is 0 Å². The molecule has 0 aliphatic heterocycles. The van der Waals surface area contributed by atoms with Crippen molar-refractivity contribution in [3.63, 3.8) is 0 Å². The van der Waals surface area contributed by atoms with Crippen LogP contribution < -0.4 is 10.5 Å². The van der Waals surface area contributed by atoms with Gasteiger partial charge < -0.3 is 0 Å². The van der Waals surface area contributed by atoms with Crippen LogP contribution in [-0.2, 0) is 0 Å². The summed E-state index contributed by atoms with van der Waals surface area (Å²) in [6.07, 6.45) is 0. The van der Waals surface area contributed by atoms with E-state index in [-0.39, 0.29) is 17.5 Å². The van der Waals surface area contributed by atoms with Crippen LogP contribution in [0.4, 0.5) is 13.2 Å². The molecule has 0 heterocycles. The monoisotopic (exact) mass is 406 g/mol. The summed E-state index contributed by atoms with van der Waals surface area (Å²) >= 11 is -2.65. The third-order valence-electron chi connectivity index (χ3n) is 3.20. The van der Waals surface area contributed by atoms with Crippen molar-refractivity contribution in [2.45, 2.75) is 0 Å². The Labute approximate surface area is 134 Å².